The maximum absolute atomic E-state index is 11.4. The molecule has 1 unspecified atom stereocenters. The summed E-state index contributed by atoms with van der Waals surface area (Å²) >= 11 is 1.10. The molecule has 0 radical (unpaired) electrons. The van der Waals surface area contributed by atoms with Crippen molar-refractivity contribution in [3.8, 4) is 0 Å². The molecule has 0 bridgehead atoms. The number of amides is 1. The molecule has 1 amide bonds. The Bertz CT molecular complexity index is 507. The van der Waals surface area contributed by atoms with Crippen molar-refractivity contribution >= 4 is 23.2 Å². The smallest absolute Gasteiger partial charge is 0.328 e. The van der Waals surface area contributed by atoms with Crippen LogP contribution in [0.5, 0.6) is 0 Å². The standard InChI is InChI=1S/C11H16N2O5S/c1-7-6-19-11(18)13(7)4-2-3-9(15)12-8(5-14)10(16)17/h6,8,14H,2-5H2,1H3,(H,12,15)(H,16,17). The number of aryl methyl sites for hydroxylation is 1. The molecule has 0 aliphatic rings. The zero-order valence-electron chi connectivity index (χ0n) is 10.5. The van der Waals surface area contributed by atoms with Gasteiger partial charge in [0.15, 0.2) is 0 Å². The van der Waals surface area contributed by atoms with Crippen LogP contribution in [-0.4, -0.2) is 39.3 Å². The number of aliphatic hydroxyl groups is 1. The molecular weight excluding hydrogens is 272 g/mol. The van der Waals surface area contributed by atoms with Crippen molar-refractivity contribution in [1.29, 1.82) is 0 Å². The van der Waals surface area contributed by atoms with Crippen LogP contribution >= 0.6 is 11.3 Å². The fraction of sp³-hybridized carbons (Fsp3) is 0.545. The summed E-state index contributed by atoms with van der Waals surface area (Å²) in [5, 5.41) is 21.4. The highest BCUT2D eigenvalue weighted by Gasteiger charge is 2.18. The van der Waals surface area contributed by atoms with E-state index in [1.165, 1.54) is 0 Å². The number of hydrogen-bond donors (Lipinski definition) is 3. The Morgan fingerprint density at radius 1 is 1.53 bits per heavy atom. The fourth-order valence-electron chi connectivity index (χ4n) is 1.52. The molecule has 0 saturated heterocycles. The number of carbonyl (C=O) groups excluding carboxylic acids is 1. The number of aromatic nitrogens is 1. The normalized spacial score (nSPS) is 12.1. The summed E-state index contributed by atoms with van der Waals surface area (Å²) < 4.78 is 1.57. The van der Waals surface area contributed by atoms with E-state index in [1.54, 1.807) is 9.95 Å². The predicted molar refractivity (Wildman–Crippen MR) is 69.2 cm³/mol. The van der Waals surface area contributed by atoms with Crippen molar-refractivity contribution in [3.63, 3.8) is 0 Å². The molecule has 1 atom stereocenters. The van der Waals surface area contributed by atoms with Gasteiger partial charge in [-0.2, -0.15) is 0 Å². The molecule has 19 heavy (non-hydrogen) atoms. The molecule has 0 aromatic carbocycles. The largest absolute Gasteiger partial charge is 0.480 e. The van der Waals surface area contributed by atoms with Crippen LogP contribution in [0.4, 0.5) is 0 Å². The van der Waals surface area contributed by atoms with Gasteiger partial charge < -0.3 is 20.1 Å². The first-order chi connectivity index (χ1) is 8.95. The van der Waals surface area contributed by atoms with E-state index in [0.29, 0.717) is 13.0 Å². The second kappa shape index (κ2) is 7.05. The van der Waals surface area contributed by atoms with Crippen molar-refractivity contribution in [2.45, 2.75) is 32.4 Å². The zero-order chi connectivity index (χ0) is 14.4. The summed E-state index contributed by atoms with van der Waals surface area (Å²) in [7, 11) is 0. The van der Waals surface area contributed by atoms with E-state index < -0.39 is 24.5 Å². The predicted octanol–water partition coefficient (Wildman–Crippen LogP) is -0.440. The number of hydrogen-bond acceptors (Lipinski definition) is 5. The molecular formula is C11H16N2O5S. The second-order valence-corrected chi connectivity index (χ2v) is 4.86. The lowest BCUT2D eigenvalue weighted by molar-refractivity contribution is -0.142. The molecule has 1 aromatic heterocycles. The average Bonchev–Trinajstić information content (AvgIpc) is 2.67. The number of nitrogens with one attached hydrogen (secondary N) is 1. The molecule has 0 aliphatic carbocycles. The van der Waals surface area contributed by atoms with Gasteiger partial charge in [0.2, 0.25) is 5.91 Å². The zero-order valence-corrected chi connectivity index (χ0v) is 11.3. The number of carboxylic acids is 1. The van der Waals surface area contributed by atoms with Crippen LogP contribution < -0.4 is 10.2 Å². The molecule has 0 aliphatic heterocycles. The van der Waals surface area contributed by atoms with Gasteiger partial charge in [0, 0.05) is 24.0 Å². The highest BCUT2D eigenvalue weighted by atomic mass is 32.1. The summed E-state index contributed by atoms with van der Waals surface area (Å²) in [6, 6.07) is -1.28. The van der Waals surface area contributed by atoms with Gasteiger partial charge in [-0.15, -0.1) is 0 Å². The third-order valence-electron chi connectivity index (χ3n) is 2.58. The Morgan fingerprint density at radius 2 is 2.21 bits per heavy atom. The Morgan fingerprint density at radius 3 is 2.68 bits per heavy atom. The Balaban J connectivity index is 2.39. The number of aliphatic hydroxyl groups excluding tert-OH is 1. The van der Waals surface area contributed by atoms with E-state index in [9.17, 15) is 14.4 Å². The van der Waals surface area contributed by atoms with Gasteiger partial charge in [-0.3, -0.25) is 9.59 Å². The van der Waals surface area contributed by atoms with Crippen molar-refractivity contribution in [2.24, 2.45) is 0 Å². The third-order valence-corrected chi connectivity index (χ3v) is 3.46. The Kier molecular flexibility index (Phi) is 5.71. The number of carboxylic acid groups (broad SMARTS) is 1. The third kappa shape index (κ3) is 4.49. The van der Waals surface area contributed by atoms with Crippen LogP contribution in [0.3, 0.4) is 0 Å². The van der Waals surface area contributed by atoms with E-state index in [4.69, 9.17) is 10.2 Å². The fourth-order valence-corrected chi connectivity index (χ4v) is 2.29. The molecule has 3 N–H and O–H groups in total. The summed E-state index contributed by atoms with van der Waals surface area (Å²) in [5.74, 6) is -1.73. The van der Waals surface area contributed by atoms with Crippen molar-refractivity contribution < 1.29 is 19.8 Å². The van der Waals surface area contributed by atoms with Crippen LogP contribution in [0, 0.1) is 6.92 Å². The van der Waals surface area contributed by atoms with Crippen LogP contribution in [0.2, 0.25) is 0 Å². The minimum atomic E-state index is -1.28. The van der Waals surface area contributed by atoms with Crippen molar-refractivity contribution in [1.82, 2.24) is 9.88 Å². The highest BCUT2D eigenvalue weighted by molar-refractivity contribution is 7.07. The molecule has 1 aromatic rings. The van der Waals surface area contributed by atoms with Crippen LogP contribution in [0.25, 0.3) is 0 Å². The minimum absolute atomic E-state index is 0.0725. The summed E-state index contributed by atoms with van der Waals surface area (Å²) in [6.45, 7) is 1.58. The van der Waals surface area contributed by atoms with Gasteiger partial charge in [0.25, 0.3) is 0 Å². The van der Waals surface area contributed by atoms with Gasteiger partial charge in [0.05, 0.1) is 6.61 Å². The topological polar surface area (TPSA) is 109 Å². The number of carbonyl (C=O) groups is 2. The second-order valence-electron chi connectivity index (χ2n) is 4.04. The first-order valence-corrected chi connectivity index (χ1v) is 6.61. The van der Waals surface area contributed by atoms with E-state index in [0.717, 1.165) is 17.0 Å². The first kappa shape index (κ1) is 15.4. The molecule has 0 saturated carbocycles. The molecule has 106 valence electrons. The summed E-state index contributed by atoms with van der Waals surface area (Å²) in [4.78, 5) is 33.4. The maximum atomic E-state index is 11.4. The van der Waals surface area contributed by atoms with E-state index >= 15 is 0 Å². The minimum Gasteiger partial charge on any atom is -0.480 e. The lowest BCUT2D eigenvalue weighted by atomic mass is 10.2. The van der Waals surface area contributed by atoms with Crippen molar-refractivity contribution in [3.05, 3.63) is 20.7 Å². The summed E-state index contributed by atoms with van der Waals surface area (Å²) in [5.41, 5.74) is 0.842. The molecule has 7 nitrogen and oxygen atoms in total. The first-order valence-electron chi connectivity index (χ1n) is 5.73. The molecule has 0 fully saturated rings. The van der Waals surface area contributed by atoms with Crippen molar-refractivity contribution in [2.75, 3.05) is 6.61 Å². The Hall–Kier alpha value is -1.67. The van der Waals surface area contributed by atoms with Gasteiger partial charge in [-0.05, 0) is 13.3 Å². The lowest BCUT2D eigenvalue weighted by Gasteiger charge is -2.11. The Labute approximate surface area is 113 Å². The number of rotatable bonds is 7. The van der Waals surface area contributed by atoms with Gasteiger partial charge >= 0.3 is 10.8 Å². The average molecular weight is 288 g/mol. The molecule has 1 heterocycles. The number of thiazole rings is 1. The van der Waals surface area contributed by atoms with Crippen LogP contribution in [0.1, 0.15) is 18.5 Å². The monoisotopic (exact) mass is 288 g/mol. The summed E-state index contributed by atoms with van der Waals surface area (Å²) in [6.07, 6.45) is 0.534. The van der Waals surface area contributed by atoms with E-state index in [2.05, 4.69) is 5.32 Å². The van der Waals surface area contributed by atoms with Gasteiger partial charge in [-0.1, -0.05) is 11.3 Å². The molecule has 8 heteroatoms. The SMILES string of the molecule is Cc1csc(=O)n1CCCC(=O)NC(CO)C(=O)O. The van der Waals surface area contributed by atoms with Crippen LogP contribution in [0.15, 0.2) is 10.2 Å². The van der Waals surface area contributed by atoms with Crippen LogP contribution in [-0.2, 0) is 16.1 Å². The lowest BCUT2D eigenvalue weighted by Crippen LogP contribution is -2.43. The number of nitrogens with zero attached hydrogens (tertiary/aromatic N) is 1. The number of aliphatic carboxylic acids is 1. The quantitative estimate of drug-likeness (QED) is 0.630. The van der Waals surface area contributed by atoms with Gasteiger partial charge in [-0.25, -0.2) is 4.79 Å². The molecule has 0 spiro atoms. The maximum Gasteiger partial charge on any atom is 0.328 e. The highest BCUT2D eigenvalue weighted by Crippen LogP contribution is 2.02. The van der Waals surface area contributed by atoms with E-state index in [-0.39, 0.29) is 11.3 Å². The van der Waals surface area contributed by atoms with Gasteiger partial charge in [0.1, 0.15) is 6.04 Å². The molecule has 1 rings (SSSR count). The van der Waals surface area contributed by atoms with E-state index in [1.807, 2.05) is 6.92 Å².